The second kappa shape index (κ2) is 6.04. The highest BCUT2D eigenvalue weighted by Gasteiger charge is 2.13. The van der Waals surface area contributed by atoms with Gasteiger partial charge in [-0.25, -0.2) is 0 Å². The minimum absolute atomic E-state index is 0.0700. The van der Waals surface area contributed by atoms with Crippen LogP contribution in [0.5, 0.6) is 0 Å². The Hall–Kier alpha value is -2.23. The Morgan fingerprint density at radius 1 is 1.05 bits per heavy atom. The van der Waals surface area contributed by atoms with E-state index in [1.807, 2.05) is 24.4 Å². The highest BCUT2D eigenvalue weighted by atomic mass is 15.2. The third-order valence-corrected chi connectivity index (χ3v) is 3.82. The molecule has 1 heterocycles. The molecule has 1 unspecified atom stereocenters. The number of hydrazine groups is 1. The van der Waals surface area contributed by atoms with E-state index in [4.69, 9.17) is 5.84 Å². The molecule has 21 heavy (non-hydrogen) atoms. The number of benzene rings is 2. The van der Waals surface area contributed by atoms with E-state index in [1.54, 1.807) is 0 Å². The van der Waals surface area contributed by atoms with E-state index >= 15 is 0 Å². The maximum Gasteiger partial charge on any atom is 0.0705 e. The van der Waals surface area contributed by atoms with Crippen LogP contribution in [0.1, 0.15) is 22.7 Å². The Bertz CT molecular complexity index is 730. The number of nitrogens with one attached hydrogen (secondary N) is 1. The molecule has 1 aromatic heterocycles. The highest BCUT2D eigenvalue weighted by Crippen LogP contribution is 2.25. The summed E-state index contributed by atoms with van der Waals surface area (Å²) in [6, 6.07) is 18.9. The summed E-state index contributed by atoms with van der Waals surface area (Å²) in [5.74, 6) is 5.80. The van der Waals surface area contributed by atoms with Gasteiger partial charge in [0.1, 0.15) is 0 Å². The van der Waals surface area contributed by atoms with Crippen LogP contribution in [-0.4, -0.2) is 4.98 Å². The number of aromatic nitrogens is 1. The van der Waals surface area contributed by atoms with Crippen LogP contribution in [0.15, 0.2) is 60.8 Å². The normalized spacial score (nSPS) is 12.5. The zero-order chi connectivity index (χ0) is 14.7. The first kappa shape index (κ1) is 13.7. The first-order chi connectivity index (χ1) is 10.3. The van der Waals surface area contributed by atoms with Gasteiger partial charge in [0.25, 0.3) is 0 Å². The third kappa shape index (κ3) is 2.94. The molecular formula is C18H19N3. The fourth-order valence-corrected chi connectivity index (χ4v) is 2.65. The molecule has 3 heteroatoms. The molecule has 3 aromatic rings. The predicted octanol–water partition coefficient (Wildman–Crippen LogP) is 3.29. The molecule has 0 aliphatic heterocycles. The zero-order valence-electron chi connectivity index (χ0n) is 12.1. The molecule has 0 aliphatic rings. The molecule has 3 rings (SSSR count). The minimum atomic E-state index is 0.0700. The van der Waals surface area contributed by atoms with E-state index in [0.29, 0.717) is 0 Å². The summed E-state index contributed by atoms with van der Waals surface area (Å²) in [5, 5.41) is 1.15. The lowest BCUT2D eigenvalue weighted by atomic mass is 9.95. The van der Waals surface area contributed by atoms with Gasteiger partial charge in [-0.05, 0) is 36.6 Å². The van der Waals surface area contributed by atoms with Crippen molar-refractivity contribution in [2.45, 2.75) is 19.4 Å². The van der Waals surface area contributed by atoms with Crippen molar-refractivity contribution in [2.24, 2.45) is 5.84 Å². The smallest absolute Gasteiger partial charge is 0.0705 e. The summed E-state index contributed by atoms with van der Waals surface area (Å²) >= 11 is 0. The molecule has 3 N–H and O–H groups in total. The Kier molecular flexibility index (Phi) is 3.95. The minimum Gasteiger partial charge on any atom is -0.271 e. The fraction of sp³-hybridized carbons (Fsp3) is 0.167. The van der Waals surface area contributed by atoms with Gasteiger partial charge in [0.15, 0.2) is 0 Å². The highest BCUT2D eigenvalue weighted by molar-refractivity contribution is 5.82. The molecular weight excluding hydrogens is 258 g/mol. The topological polar surface area (TPSA) is 50.9 Å². The average Bonchev–Trinajstić information content (AvgIpc) is 2.54. The van der Waals surface area contributed by atoms with E-state index in [9.17, 15) is 0 Å². The van der Waals surface area contributed by atoms with Crippen LogP contribution in [0, 0.1) is 6.92 Å². The summed E-state index contributed by atoms with van der Waals surface area (Å²) in [6.07, 6.45) is 2.67. The summed E-state index contributed by atoms with van der Waals surface area (Å²) in [4.78, 5) is 4.41. The lowest BCUT2D eigenvalue weighted by Crippen LogP contribution is -2.29. The van der Waals surface area contributed by atoms with Crippen molar-refractivity contribution in [3.8, 4) is 0 Å². The Morgan fingerprint density at radius 2 is 1.86 bits per heavy atom. The molecule has 0 saturated heterocycles. The van der Waals surface area contributed by atoms with Gasteiger partial charge < -0.3 is 0 Å². The van der Waals surface area contributed by atoms with E-state index < -0.39 is 0 Å². The van der Waals surface area contributed by atoms with Crippen molar-refractivity contribution in [1.82, 2.24) is 10.4 Å². The van der Waals surface area contributed by atoms with Gasteiger partial charge in [-0.2, -0.15) is 0 Å². The zero-order valence-corrected chi connectivity index (χ0v) is 12.1. The summed E-state index contributed by atoms with van der Waals surface area (Å²) in [6.45, 7) is 2.10. The van der Waals surface area contributed by atoms with Crippen molar-refractivity contribution in [1.29, 1.82) is 0 Å². The Balaban J connectivity index is 1.96. The molecule has 2 aromatic carbocycles. The van der Waals surface area contributed by atoms with Crippen LogP contribution in [0.4, 0.5) is 0 Å². The number of aryl methyl sites for hydroxylation is 1. The van der Waals surface area contributed by atoms with Crippen molar-refractivity contribution in [3.05, 3.63) is 77.5 Å². The Morgan fingerprint density at radius 3 is 2.62 bits per heavy atom. The van der Waals surface area contributed by atoms with E-state index in [2.05, 4.69) is 53.7 Å². The van der Waals surface area contributed by atoms with Gasteiger partial charge >= 0.3 is 0 Å². The van der Waals surface area contributed by atoms with Crippen molar-refractivity contribution in [3.63, 3.8) is 0 Å². The molecule has 0 saturated carbocycles. The molecule has 3 nitrogen and oxygen atoms in total. The largest absolute Gasteiger partial charge is 0.271 e. The van der Waals surface area contributed by atoms with Gasteiger partial charge in [-0.1, -0.05) is 48.0 Å². The first-order valence-corrected chi connectivity index (χ1v) is 7.13. The van der Waals surface area contributed by atoms with Gasteiger partial charge in [-0.3, -0.25) is 16.3 Å². The van der Waals surface area contributed by atoms with Crippen molar-refractivity contribution >= 4 is 10.9 Å². The molecule has 0 radical (unpaired) electrons. The summed E-state index contributed by atoms with van der Waals surface area (Å²) < 4.78 is 0. The summed E-state index contributed by atoms with van der Waals surface area (Å²) in [7, 11) is 0. The van der Waals surface area contributed by atoms with Crippen LogP contribution >= 0.6 is 0 Å². The van der Waals surface area contributed by atoms with E-state index in [1.165, 1.54) is 16.7 Å². The third-order valence-electron chi connectivity index (χ3n) is 3.82. The van der Waals surface area contributed by atoms with Gasteiger partial charge in [0, 0.05) is 11.6 Å². The van der Waals surface area contributed by atoms with E-state index in [-0.39, 0.29) is 6.04 Å². The Labute approximate surface area is 124 Å². The fourth-order valence-electron chi connectivity index (χ4n) is 2.65. The molecule has 0 bridgehead atoms. The molecule has 0 aliphatic carbocycles. The second-order valence-corrected chi connectivity index (χ2v) is 5.33. The maximum atomic E-state index is 5.80. The molecule has 1 atom stereocenters. The first-order valence-electron chi connectivity index (χ1n) is 7.13. The molecule has 0 spiro atoms. The lowest BCUT2D eigenvalue weighted by Gasteiger charge is -2.18. The van der Waals surface area contributed by atoms with Crippen LogP contribution in [-0.2, 0) is 6.42 Å². The van der Waals surface area contributed by atoms with Crippen LogP contribution in [0.25, 0.3) is 10.9 Å². The van der Waals surface area contributed by atoms with Crippen LogP contribution < -0.4 is 11.3 Å². The van der Waals surface area contributed by atoms with Gasteiger partial charge in [0.2, 0.25) is 0 Å². The molecule has 0 amide bonds. The molecule has 106 valence electrons. The SMILES string of the molecule is Cc1ccc(CC(NN)c2cccc3ncccc23)cc1. The quantitative estimate of drug-likeness (QED) is 0.568. The number of pyridine rings is 1. The average molecular weight is 277 g/mol. The number of hydrogen-bond donors (Lipinski definition) is 2. The van der Waals surface area contributed by atoms with Gasteiger partial charge in [-0.15, -0.1) is 0 Å². The van der Waals surface area contributed by atoms with Crippen LogP contribution in [0.3, 0.4) is 0 Å². The number of hydrogen-bond acceptors (Lipinski definition) is 3. The molecule has 0 fully saturated rings. The number of rotatable bonds is 4. The maximum absolute atomic E-state index is 5.80. The second-order valence-electron chi connectivity index (χ2n) is 5.33. The number of fused-ring (bicyclic) bond motifs is 1. The lowest BCUT2D eigenvalue weighted by molar-refractivity contribution is 0.555. The standard InChI is InChI=1S/C18H19N3/c1-13-7-9-14(10-8-13)12-18(21-19)16-4-2-6-17-15(16)5-3-11-20-17/h2-11,18,21H,12,19H2,1H3. The van der Waals surface area contributed by atoms with Crippen molar-refractivity contribution in [2.75, 3.05) is 0 Å². The van der Waals surface area contributed by atoms with Crippen molar-refractivity contribution < 1.29 is 0 Å². The number of nitrogens with zero attached hydrogens (tertiary/aromatic N) is 1. The van der Waals surface area contributed by atoms with Gasteiger partial charge in [0.05, 0.1) is 11.6 Å². The summed E-state index contributed by atoms with van der Waals surface area (Å²) in [5.41, 5.74) is 7.67. The predicted molar refractivity (Wildman–Crippen MR) is 86.7 cm³/mol. The van der Waals surface area contributed by atoms with E-state index in [0.717, 1.165) is 17.3 Å². The monoisotopic (exact) mass is 277 g/mol. The number of nitrogens with two attached hydrogens (primary N) is 1. The van der Waals surface area contributed by atoms with Crippen LogP contribution in [0.2, 0.25) is 0 Å².